The van der Waals surface area contributed by atoms with Crippen LogP contribution in [0.5, 0.6) is 0 Å². The van der Waals surface area contributed by atoms with E-state index in [0.29, 0.717) is 11.5 Å². The summed E-state index contributed by atoms with van der Waals surface area (Å²) in [5.41, 5.74) is 0.328. The second kappa shape index (κ2) is 5.74. The molecular weight excluding hydrogens is 239 g/mol. The van der Waals surface area contributed by atoms with Crippen LogP contribution in [0.2, 0.25) is 0 Å². The first-order chi connectivity index (χ1) is 8.65. The van der Waals surface area contributed by atoms with Gasteiger partial charge in [-0.3, -0.25) is 0 Å². The summed E-state index contributed by atoms with van der Waals surface area (Å²) < 4.78 is 40.0. The second-order valence-electron chi connectivity index (χ2n) is 4.87. The van der Waals surface area contributed by atoms with Crippen molar-refractivity contribution in [3.63, 3.8) is 0 Å². The molecule has 100 valence electrons. The standard InChI is InChI=1S/C14H18F3N/c1-2-18-8-9-4-3-5-10(9)11-6-7-12(15)14(17)13(11)16/h6-7,9-10,18H,2-5,8H2,1H3. The van der Waals surface area contributed by atoms with Crippen LogP contribution < -0.4 is 5.32 Å². The van der Waals surface area contributed by atoms with Gasteiger partial charge in [-0.1, -0.05) is 19.4 Å². The number of nitrogens with one attached hydrogen (secondary N) is 1. The first kappa shape index (κ1) is 13.4. The minimum Gasteiger partial charge on any atom is -0.317 e. The van der Waals surface area contributed by atoms with E-state index in [1.165, 1.54) is 6.07 Å². The zero-order valence-electron chi connectivity index (χ0n) is 10.5. The van der Waals surface area contributed by atoms with Gasteiger partial charge in [0.15, 0.2) is 17.5 Å². The average molecular weight is 257 g/mol. The van der Waals surface area contributed by atoms with Gasteiger partial charge in [-0.25, -0.2) is 13.2 Å². The summed E-state index contributed by atoms with van der Waals surface area (Å²) in [6.45, 7) is 3.69. The molecule has 0 aliphatic heterocycles. The predicted octanol–water partition coefficient (Wildman–Crippen LogP) is 3.60. The van der Waals surface area contributed by atoms with Crippen LogP contribution in [-0.2, 0) is 0 Å². The van der Waals surface area contributed by atoms with Gasteiger partial charge in [0.2, 0.25) is 0 Å². The fourth-order valence-corrected chi connectivity index (χ4v) is 2.85. The van der Waals surface area contributed by atoms with Gasteiger partial charge in [-0.15, -0.1) is 0 Å². The Kier molecular flexibility index (Phi) is 4.27. The van der Waals surface area contributed by atoms with Gasteiger partial charge in [0.1, 0.15) is 0 Å². The van der Waals surface area contributed by atoms with Crippen LogP contribution in [0.25, 0.3) is 0 Å². The van der Waals surface area contributed by atoms with Crippen molar-refractivity contribution in [2.75, 3.05) is 13.1 Å². The van der Waals surface area contributed by atoms with Crippen molar-refractivity contribution in [2.24, 2.45) is 5.92 Å². The van der Waals surface area contributed by atoms with E-state index in [0.717, 1.165) is 38.4 Å². The van der Waals surface area contributed by atoms with Crippen molar-refractivity contribution in [3.05, 3.63) is 35.1 Å². The summed E-state index contributed by atoms with van der Waals surface area (Å²) in [4.78, 5) is 0. The Hall–Kier alpha value is -1.03. The lowest BCUT2D eigenvalue weighted by Crippen LogP contribution is -2.24. The molecule has 2 rings (SSSR count). The van der Waals surface area contributed by atoms with Gasteiger partial charge in [0.25, 0.3) is 0 Å². The second-order valence-corrected chi connectivity index (χ2v) is 4.87. The molecule has 0 saturated heterocycles. The minimum absolute atomic E-state index is 0.000787. The maximum atomic E-state index is 13.8. The van der Waals surface area contributed by atoms with E-state index in [4.69, 9.17) is 0 Å². The van der Waals surface area contributed by atoms with Crippen LogP contribution >= 0.6 is 0 Å². The molecule has 18 heavy (non-hydrogen) atoms. The van der Waals surface area contributed by atoms with E-state index in [9.17, 15) is 13.2 Å². The summed E-state index contributed by atoms with van der Waals surface area (Å²) in [5.74, 6) is -3.16. The Morgan fingerprint density at radius 3 is 2.67 bits per heavy atom. The zero-order valence-corrected chi connectivity index (χ0v) is 10.5. The fraction of sp³-hybridized carbons (Fsp3) is 0.571. The summed E-state index contributed by atoms with van der Waals surface area (Å²) in [5, 5.41) is 3.25. The number of hydrogen-bond acceptors (Lipinski definition) is 1. The Balaban J connectivity index is 2.22. The number of benzene rings is 1. The highest BCUT2D eigenvalue weighted by Gasteiger charge is 2.31. The van der Waals surface area contributed by atoms with Crippen molar-refractivity contribution in [1.29, 1.82) is 0 Å². The molecule has 1 aliphatic rings. The Bertz CT molecular complexity index is 420. The molecule has 0 spiro atoms. The molecule has 1 fully saturated rings. The minimum atomic E-state index is -1.35. The summed E-state index contributed by atoms with van der Waals surface area (Å²) in [6, 6.07) is 2.42. The normalized spacial score (nSPS) is 23.6. The number of rotatable bonds is 4. The molecule has 1 aromatic carbocycles. The van der Waals surface area contributed by atoms with Crippen LogP contribution in [0.1, 0.15) is 37.7 Å². The fourth-order valence-electron chi connectivity index (χ4n) is 2.85. The van der Waals surface area contributed by atoms with Gasteiger partial charge in [-0.05, 0) is 49.4 Å². The van der Waals surface area contributed by atoms with Crippen LogP contribution in [-0.4, -0.2) is 13.1 Å². The molecule has 2 atom stereocenters. The van der Waals surface area contributed by atoms with Gasteiger partial charge >= 0.3 is 0 Å². The summed E-state index contributed by atoms with van der Waals surface area (Å²) in [7, 11) is 0. The Labute approximate surface area is 105 Å². The van der Waals surface area contributed by atoms with Gasteiger partial charge in [-0.2, -0.15) is 0 Å². The highest BCUT2D eigenvalue weighted by atomic mass is 19.2. The third kappa shape index (κ3) is 2.53. The lowest BCUT2D eigenvalue weighted by Gasteiger charge is -2.21. The number of hydrogen-bond donors (Lipinski definition) is 1. The molecule has 1 aliphatic carbocycles. The highest BCUT2D eigenvalue weighted by Crippen LogP contribution is 2.40. The smallest absolute Gasteiger partial charge is 0.194 e. The van der Waals surface area contributed by atoms with E-state index >= 15 is 0 Å². The van der Waals surface area contributed by atoms with Crippen molar-refractivity contribution in [3.8, 4) is 0 Å². The zero-order chi connectivity index (χ0) is 13.1. The van der Waals surface area contributed by atoms with E-state index in [2.05, 4.69) is 5.32 Å². The molecule has 0 heterocycles. The van der Waals surface area contributed by atoms with Crippen LogP contribution in [0.4, 0.5) is 13.2 Å². The van der Waals surface area contributed by atoms with E-state index in [1.807, 2.05) is 6.92 Å². The number of halogens is 3. The molecule has 0 bridgehead atoms. The van der Waals surface area contributed by atoms with Crippen LogP contribution in [0.3, 0.4) is 0 Å². The maximum Gasteiger partial charge on any atom is 0.194 e. The molecule has 1 N–H and O–H groups in total. The van der Waals surface area contributed by atoms with E-state index in [-0.39, 0.29) is 5.92 Å². The predicted molar refractivity (Wildman–Crippen MR) is 64.9 cm³/mol. The Morgan fingerprint density at radius 1 is 1.17 bits per heavy atom. The molecule has 1 aromatic rings. The molecule has 1 saturated carbocycles. The topological polar surface area (TPSA) is 12.0 Å². The van der Waals surface area contributed by atoms with Gasteiger partial charge in [0.05, 0.1) is 0 Å². The van der Waals surface area contributed by atoms with E-state index in [1.54, 1.807) is 0 Å². The first-order valence-electron chi connectivity index (χ1n) is 6.49. The monoisotopic (exact) mass is 257 g/mol. The van der Waals surface area contributed by atoms with Crippen LogP contribution in [0, 0.1) is 23.4 Å². The first-order valence-corrected chi connectivity index (χ1v) is 6.49. The quantitative estimate of drug-likeness (QED) is 0.813. The van der Waals surface area contributed by atoms with Gasteiger partial charge < -0.3 is 5.32 Å². The third-order valence-electron chi connectivity index (χ3n) is 3.78. The summed E-state index contributed by atoms with van der Waals surface area (Å²) >= 11 is 0. The lowest BCUT2D eigenvalue weighted by molar-refractivity contribution is 0.407. The molecule has 0 radical (unpaired) electrons. The van der Waals surface area contributed by atoms with Gasteiger partial charge in [0, 0.05) is 0 Å². The molecular formula is C14H18F3N. The Morgan fingerprint density at radius 2 is 1.94 bits per heavy atom. The van der Waals surface area contributed by atoms with Crippen molar-refractivity contribution in [1.82, 2.24) is 5.32 Å². The highest BCUT2D eigenvalue weighted by molar-refractivity contribution is 5.25. The summed E-state index contributed by atoms with van der Waals surface area (Å²) in [6.07, 6.45) is 2.87. The van der Waals surface area contributed by atoms with E-state index < -0.39 is 17.5 Å². The maximum absolute atomic E-state index is 13.8. The lowest BCUT2D eigenvalue weighted by atomic mass is 9.88. The molecule has 4 heteroatoms. The molecule has 2 unspecified atom stereocenters. The SMILES string of the molecule is CCNCC1CCCC1c1ccc(F)c(F)c1F. The molecule has 0 amide bonds. The third-order valence-corrected chi connectivity index (χ3v) is 3.78. The van der Waals surface area contributed by atoms with Crippen molar-refractivity contribution in [2.45, 2.75) is 32.1 Å². The largest absolute Gasteiger partial charge is 0.317 e. The molecule has 0 aromatic heterocycles. The van der Waals surface area contributed by atoms with Crippen molar-refractivity contribution >= 4 is 0 Å². The van der Waals surface area contributed by atoms with Crippen molar-refractivity contribution < 1.29 is 13.2 Å². The average Bonchev–Trinajstić information content (AvgIpc) is 2.82. The molecule has 1 nitrogen and oxygen atoms in total. The van der Waals surface area contributed by atoms with Crippen LogP contribution in [0.15, 0.2) is 12.1 Å².